The maximum absolute atomic E-state index is 12.6. The summed E-state index contributed by atoms with van der Waals surface area (Å²) in [6.45, 7) is 2.27. The van der Waals surface area contributed by atoms with Crippen molar-refractivity contribution < 1.29 is 22.7 Å². The molecule has 0 unspecified atom stereocenters. The first-order valence-electron chi connectivity index (χ1n) is 9.19. The number of benzene rings is 2. The Morgan fingerprint density at radius 1 is 1.14 bits per heavy atom. The Kier molecular flexibility index (Phi) is 6.19. The minimum Gasteiger partial charge on any atom is -0.497 e. The van der Waals surface area contributed by atoms with E-state index in [1.54, 1.807) is 43.2 Å². The minimum absolute atomic E-state index is 0.116. The Balaban J connectivity index is 1.64. The van der Waals surface area contributed by atoms with Gasteiger partial charge in [0.05, 0.1) is 17.9 Å². The molecule has 1 heterocycles. The second-order valence-electron chi connectivity index (χ2n) is 6.62. The van der Waals surface area contributed by atoms with Crippen molar-refractivity contribution in [1.82, 2.24) is 4.72 Å². The number of anilines is 2. The highest BCUT2D eigenvalue weighted by molar-refractivity contribution is 7.89. The van der Waals surface area contributed by atoms with Crippen LogP contribution in [0.25, 0.3) is 0 Å². The van der Waals surface area contributed by atoms with Crippen LogP contribution in [-0.2, 0) is 19.6 Å². The lowest BCUT2D eigenvalue weighted by atomic mass is 10.1. The number of sulfonamides is 1. The van der Waals surface area contributed by atoms with Crippen LogP contribution in [-0.4, -0.2) is 40.4 Å². The van der Waals surface area contributed by atoms with Gasteiger partial charge in [-0.2, -0.15) is 0 Å². The van der Waals surface area contributed by atoms with E-state index >= 15 is 0 Å². The average Bonchev–Trinajstić information content (AvgIpc) is 3.10. The lowest BCUT2D eigenvalue weighted by Crippen LogP contribution is -2.28. The van der Waals surface area contributed by atoms with Crippen LogP contribution in [0.1, 0.15) is 13.3 Å². The molecule has 3 rings (SSSR count). The Morgan fingerprint density at radius 3 is 2.38 bits per heavy atom. The van der Waals surface area contributed by atoms with E-state index in [-0.39, 0.29) is 29.7 Å². The first kappa shape index (κ1) is 20.8. The summed E-state index contributed by atoms with van der Waals surface area (Å²) in [4.78, 5) is 26.6. The maximum atomic E-state index is 12.6. The molecule has 8 nitrogen and oxygen atoms in total. The Hall–Kier alpha value is -2.91. The molecule has 2 amide bonds. The molecular formula is C20H23N3O5S. The van der Waals surface area contributed by atoms with Crippen LogP contribution in [0.5, 0.6) is 5.75 Å². The van der Waals surface area contributed by atoms with Crippen molar-refractivity contribution >= 4 is 33.2 Å². The summed E-state index contributed by atoms with van der Waals surface area (Å²) in [5.41, 5.74) is 1.19. The van der Waals surface area contributed by atoms with Gasteiger partial charge in [-0.1, -0.05) is 6.92 Å². The van der Waals surface area contributed by atoms with Gasteiger partial charge in [0.25, 0.3) is 0 Å². The van der Waals surface area contributed by atoms with Gasteiger partial charge in [-0.3, -0.25) is 9.59 Å². The van der Waals surface area contributed by atoms with E-state index in [9.17, 15) is 18.0 Å². The van der Waals surface area contributed by atoms with Crippen molar-refractivity contribution in [3.8, 4) is 5.75 Å². The van der Waals surface area contributed by atoms with Gasteiger partial charge < -0.3 is 15.0 Å². The van der Waals surface area contributed by atoms with Gasteiger partial charge in [0, 0.05) is 30.9 Å². The molecule has 0 bridgehead atoms. The highest BCUT2D eigenvalue weighted by Gasteiger charge is 2.35. The third-order valence-corrected chi connectivity index (χ3v) is 6.21. The molecule has 2 aromatic carbocycles. The van der Waals surface area contributed by atoms with Crippen LogP contribution >= 0.6 is 0 Å². The van der Waals surface area contributed by atoms with Gasteiger partial charge >= 0.3 is 0 Å². The van der Waals surface area contributed by atoms with Crippen molar-refractivity contribution in [1.29, 1.82) is 0 Å². The number of carbonyl (C=O) groups is 2. The molecule has 29 heavy (non-hydrogen) atoms. The molecule has 1 atom stereocenters. The van der Waals surface area contributed by atoms with Crippen LogP contribution in [0.4, 0.5) is 11.4 Å². The van der Waals surface area contributed by atoms with Gasteiger partial charge in [0.1, 0.15) is 5.75 Å². The summed E-state index contributed by atoms with van der Waals surface area (Å²) < 4.78 is 31.5. The SMILES string of the molecule is CCNS(=O)(=O)c1ccc(NC(=O)[C@H]2CC(=O)N(c3ccc(OC)cc3)C2)cc1. The van der Waals surface area contributed by atoms with Gasteiger partial charge in [-0.15, -0.1) is 0 Å². The number of carbonyl (C=O) groups excluding carboxylic acids is 2. The molecule has 154 valence electrons. The number of methoxy groups -OCH3 is 1. The van der Waals surface area contributed by atoms with Crippen LogP contribution in [0.3, 0.4) is 0 Å². The monoisotopic (exact) mass is 417 g/mol. The maximum Gasteiger partial charge on any atom is 0.240 e. The van der Waals surface area contributed by atoms with Gasteiger partial charge in [0.2, 0.25) is 21.8 Å². The third kappa shape index (κ3) is 4.75. The number of ether oxygens (including phenoxy) is 1. The van der Waals surface area contributed by atoms with Crippen molar-refractivity contribution in [2.75, 3.05) is 30.4 Å². The van der Waals surface area contributed by atoms with Gasteiger partial charge in [-0.25, -0.2) is 13.1 Å². The topological polar surface area (TPSA) is 105 Å². The highest BCUT2D eigenvalue weighted by Crippen LogP contribution is 2.27. The van der Waals surface area contributed by atoms with Crippen LogP contribution in [0.2, 0.25) is 0 Å². The van der Waals surface area contributed by atoms with E-state index in [0.29, 0.717) is 23.7 Å². The summed E-state index contributed by atoms with van der Waals surface area (Å²) in [6, 6.07) is 13.0. The quantitative estimate of drug-likeness (QED) is 0.717. The molecule has 0 aromatic heterocycles. The van der Waals surface area contributed by atoms with Gasteiger partial charge in [-0.05, 0) is 48.5 Å². The zero-order valence-electron chi connectivity index (χ0n) is 16.2. The summed E-state index contributed by atoms with van der Waals surface area (Å²) in [5.74, 6) is -0.205. The number of amides is 2. The lowest BCUT2D eigenvalue weighted by Gasteiger charge is -2.17. The first-order valence-corrected chi connectivity index (χ1v) is 10.7. The Morgan fingerprint density at radius 2 is 1.79 bits per heavy atom. The molecule has 2 N–H and O–H groups in total. The molecule has 1 aliphatic heterocycles. The summed E-state index contributed by atoms with van der Waals surface area (Å²) >= 11 is 0. The van der Waals surface area contributed by atoms with E-state index in [1.165, 1.54) is 24.3 Å². The molecule has 0 saturated carbocycles. The van der Waals surface area contributed by atoms with E-state index < -0.39 is 15.9 Å². The number of nitrogens with one attached hydrogen (secondary N) is 2. The minimum atomic E-state index is -3.54. The van der Waals surface area contributed by atoms with E-state index in [2.05, 4.69) is 10.0 Å². The number of hydrogen-bond acceptors (Lipinski definition) is 5. The van der Waals surface area contributed by atoms with E-state index in [0.717, 1.165) is 0 Å². The van der Waals surface area contributed by atoms with Crippen molar-refractivity contribution in [2.45, 2.75) is 18.2 Å². The molecule has 0 aliphatic carbocycles. The molecule has 9 heteroatoms. The molecule has 2 aromatic rings. The number of rotatable bonds is 7. The summed E-state index contributed by atoms with van der Waals surface area (Å²) in [6.07, 6.45) is 0.116. The predicted octanol–water partition coefficient (Wildman–Crippen LogP) is 1.98. The van der Waals surface area contributed by atoms with Crippen LogP contribution < -0.4 is 19.7 Å². The highest BCUT2D eigenvalue weighted by atomic mass is 32.2. The zero-order valence-corrected chi connectivity index (χ0v) is 17.0. The smallest absolute Gasteiger partial charge is 0.240 e. The fourth-order valence-corrected chi connectivity index (χ4v) is 4.17. The lowest BCUT2D eigenvalue weighted by molar-refractivity contribution is -0.122. The predicted molar refractivity (Wildman–Crippen MR) is 109 cm³/mol. The first-order chi connectivity index (χ1) is 13.8. The molecule has 0 spiro atoms. The normalized spacial score (nSPS) is 16.7. The molecule has 1 aliphatic rings. The summed E-state index contributed by atoms with van der Waals surface area (Å²) in [7, 11) is -1.98. The third-order valence-electron chi connectivity index (χ3n) is 4.65. The molecule has 1 fully saturated rings. The molecular weight excluding hydrogens is 394 g/mol. The fourth-order valence-electron chi connectivity index (χ4n) is 3.13. The standard InChI is InChI=1S/C20H23N3O5S/c1-3-21-29(26,27)18-10-4-15(5-11-18)22-20(25)14-12-19(24)23(13-14)16-6-8-17(28-2)9-7-16/h4-11,14,21H,3,12-13H2,1-2H3,(H,22,25)/t14-/m0/s1. The summed E-state index contributed by atoms with van der Waals surface area (Å²) in [5, 5.41) is 2.75. The Labute approximate surface area is 169 Å². The van der Waals surface area contributed by atoms with Gasteiger partial charge in [0.15, 0.2) is 0 Å². The molecule has 0 radical (unpaired) electrons. The number of nitrogens with zero attached hydrogens (tertiary/aromatic N) is 1. The largest absolute Gasteiger partial charge is 0.497 e. The average molecular weight is 417 g/mol. The molecule has 1 saturated heterocycles. The number of hydrogen-bond donors (Lipinski definition) is 2. The second kappa shape index (κ2) is 8.62. The van der Waals surface area contributed by atoms with Crippen molar-refractivity contribution in [3.63, 3.8) is 0 Å². The van der Waals surface area contributed by atoms with Crippen LogP contribution in [0.15, 0.2) is 53.4 Å². The van der Waals surface area contributed by atoms with Crippen molar-refractivity contribution in [3.05, 3.63) is 48.5 Å². The van der Waals surface area contributed by atoms with E-state index in [4.69, 9.17) is 4.74 Å². The van der Waals surface area contributed by atoms with E-state index in [1.807, 2.05) is 0 Å². The van der Waals surface area contributed by atoms with Crippen molar-refractivity contribution in [2.24, 2.45) is 5.92 Å². The van der Waals surface area contributed by atoms with Crippen LogP contribution in [0, 0.1) is 5.92 Å². The fraction of sp³-hybridized carbons (Fsp3) is 0.300. The second-order valence-corrected chi connectivity index (χ2v) is 8.39. The Bertz CT molecular complexity index is 988. The zero-order chi connectivity index (χ0) is 21.0.